The molecule has 0 heterocycles. The van der Waals surface area contributed by atoms with E-state index in [1.54, 1.807) is 0 Å². The summed E-state index contributed by atoms with van der Waals surface area (Å²) in [5, 5.41) is 7.42. The van der Waals surface area contributed by atoms with Crippen LogP contribution in [0.3, 0.4) is 0 Å². The van der Waals surface area contributed by atoms with E-state index in [-0.39, 0.29) is 6.15 Å². The molecule has 0 radical (unpaired) electrons. The molecule has 0 aliphatic rings. The van der Waals surface area contributed by atoms with E-state index in [4.69, 9.17) is 9.90 Å². The van der Waals surface area contributed by atoms with E-state index in [0.717, 1.165) is 7.85 Å². The van der Waals surface area contributed by atoms with E-state index >= 15 is 0 Å². The summed E-state index contributed by atoms with van der Waals surface area (Å²) >= 11 is 0. The average molecular weight is 74.9 g/mol. The lowest BCUT2D eigenvalue weighted by Gasteiger charge is -1.59. The molecular formula is CH6BNO2. The molecule has 0 aromatic carbocycles. The molecule has 0 atom stereocenters. The van der Waals surface area contributed by atoms with E-state index in [1.807, 2.05) is 0 Å². The van der Waals surface area contributed by atoms with Gasteiger partial charge >= 0.3 is 0 Å². The number of carbonyl (C=O) groups is 1. The minimum atomic E-state index is -0.833. The maximum absolute atomic E-state index is 9.00. The molecule has 0 unspecified atom stereocenters. The van der Waals surface area contributed by atoms with Gasteiger partial charge in [0.1, 0.15) is 0 Å². The fourth-order valence-corrected chi connectivity index (χ4v) is 0. The zero-order valence-corrected chi connectivity index (χ0v) is 3.06. The SMILES string of the molecule is BC(=O)O.N. The predicted octanol–water partition coefficient (Wildman–Crippen LogP) is -0.541. The topological polar surface area (TPSA) is 72.3 Å². The molecular weight excluding hydrogens is 68.8 g/mol. The van der Waals surface area contributed by atoms with Gasteiger partial charge in [-0.05, 0) is 0 Å². The van der Waals surface area contributed by atoms with Crippen molar-refractivity contribution in [2.24, 2.45) is 0 Å². The second-order valence-corrected chi connectivity index (χ2v) is 0.519. The lowest BCUT2D eigenvalue weighted by Crippen LogP contribution is -1.83. The number of hydrogen-bond donors (Lipinski definition) is 2. The van der Waals surface area contributed by atoms with Crippen molar-refractivity contribution >= 4 is 13.7 Å². The smallest absolute Gasteiger partial charge is 0.242 e. The Labute approximate surface area is 31.0 Å². The summed E-state index contributed by atoms with van der Waals surface area (Å²) < 4.78 is 0. The molecule has 0 rings (SSSR count). The molecule has 4 heteroatoms. The van der Waals surface area contributed by atoms with Gasteiger partial charge in [0.2, 0.25) is 13.7 Å². The molecule has 0 fully saturated rings. The molecule has 0 spiro atoms. The van der Waals surface area contributed by atoms with Crippen LogP contribution in [-0.4, -0.2) is 18.8 Å². The highest BCUT2D eigenvalue weighted by Gasteiger charge is 1.67. The van der Waals surface area contributed by atoms with Crippen molar-refractivity contribution in [1.29, 1.82) is 0 Å². The summed E-state index contributed by atoms with van der Waals surface area (Å²) in [6.07, 6.45) is 0. The minimum Gasteiger partial charge on any atom is -0.490 e. The molecule has 30 valence electrons. The van der Waals surface area contributed by atoms with Gasteiger partial charge < -0.3 is 11.3 Å². The Balaban J connectivity index is 0. The van der Waals surface area contributed by atoms with Gasteiger partial charge in [0.15, 0.2) is 0 Å². The van der Waals surface area contributed by atoms with Crippen LogP contribution in [0, 0.1) is 0 Å². The van der Waals surface area contributed by atoms with Crippen molar-refractivity contribution in [1.82, 2.24) is 6.15 Å². The van der Waals surface area contributed by atoms with E-state index < -0.39 is 5.87 Å². The van der Waals surface area contributed by atoms with E-state index in [1.165, 1.54) is 0 Å². The van der Waals surface area contributed by atoms with Gasteiger partial charge in [-0.1, -0.05) is 0 Å². The molecule has 0 amide bonds. The van der Waals surface area contributed by atoms with Crippen LogP contribution in [-0.2, 0) is 0 Å². The van der Waals surface area contributed by atoms with E-state index in [9.17, 15) is 0 Å². The van der Waals surface area contributed by atoms with Crippen LogP contribution in [0.15, 0.2) is 0 Å². The summed E-state index contributed by atoms with van der Waals surface area (Å²) in [5.41, 5.74) is 0. The molecule has 0 aliphatic carbocycles. The second-order valence-electron chi connectivity index (χ2n) is 0.519. The van der Waals surface area contributed by atoms with Crippen LogP contribution in [0.5, 0.6) is 0 Å². The Kier molecular flexibility index (Phi) is 6.17. The van der Waals surface area contributed by atoms with Crippen molar-refractivity contribution in [2.45, 2.75) is 0 Å². The summed E-state index contributed by atoms with van der Waals surface area (Å²) in [6, 6.07) is 0. The third-order valence-corrected chi connectivity index (χ3v) is 0. The molecule has 5 heavy (non-hydrogen) atoms. The molecule has 0 saturated heterocycles. The number of hydrogen-bond acceptors (Lipinski definition) is 2. The van der Waals surface area contributed by atoms with E-state index in [2.05, 4.69) is 0 Å². The first-order chi connectivity index (χ1) is 1.73. The van der Waals surface area contributed by atoms with E-state index in [0.29, 0.717) is 0 Å². The van der Waals surface area contributed by atoms with Crippen LogP contribution in [0.25, 0.3) is 0 Å². The van der Waals surface area contributed by atoms with Crippen molar-refractivity contribution in [3.05, 3.63) is 0 Å². The quantitative estimate of drug-likeness (QED) is 0.379. The second kappa shape index (κ2) is 3.49. The molecule has 0 aliphatic heterocycles. The van der Waals surface area contributed by atoms with Gasteiger partial charge in [0.05, 0.1) is 0 Å². The Morgan fingerprint density at radius 3 is 1.80 bits per heavy atom. The van der Waals surface area contributed by atoms with Gasteiger partial charge in [0, 0.05) is 0 Å². The fraction of sp³-hybridized carbons (Fsp3) is 0. The zero-order valence-electron chi connectivity index (χ0n) is 3.06. The molecule has 0 aromatic rings. The Morgan fingerprint density at radius 1 is 1.80 bits per heavy atom. The highest BCUT2D eigenvalue weighted by atomic mass is 16.4. The van der Waals surface area contributed by atoms with Crippen LogP contribution < -0.4 is 6.15 Å². The third kappa shape index (κ3) is 30.6. The van der Waals surface area contributed by atoms with Gasteiger partial charge in [0.25, 0.3) is 0 Å². The standard InChI is InChI=1S/CH3BO2.H3N/c2-1(3)4;/h2H2,(H,3,4);1H3. The summed E-state index contributed by atoms with van der Waals surface area (Å²) in [5.74, 6) is -0.833. The fourth-order valence-electron chi connectivity index (χ4n) is 0. The van der Waals surface area contributed by atoms with Crippen molar-refractivity contribution in [2.75, 3.05) is 0 Å². The van der Waals surface area contributed by atoms with Crippen molar-refractivity contribution < 1.29 is 9.90 Å². The zero-order chi connectivity index (χ0) is 3.58. The normalized spacial score (nSPS) is 4.80. The van der Waals surface area contributed by atoms with Gasteiger partial charge in [-0.2, -0.15) is 0 Å². The summed E-state index contributed by atoms with van der Waals surface area (Å²) in [6.45, 7) is 0. The van der Waals surface area contributed by atoms with Gasteiger partial charge in [-0.15, -0.1) is 0 Å². The average Bonchev–Trinajstić information content (AvgIpc) is 0.811. The predicted molar refractivity (Wildman–Crippen MR) is 21.6 cm³/mol. The first-order valence-corrected chi connectivity index (χ1v) is 0.928. The lowest BCUT2D eigenvalue weighted by atomic mass is 10.2. The maximum Gasteiger partial charge on any atom is 0.242 e. The third-order valence-electron chi connectivity index (χ3n) is 0. The summed E-state index contributed by atoms with van der Waals surface area (Å²) in [4.78, 5) is 9.00. The van der Waals surface area contributed by atoms with Crippen LogP contribution in [0.1, 0.15) is 0 Å². The van der Waals surface area contributed by atoms with Gasteiger partial charge in [-0.3, -0.25) is 4.79 Å². The first kappa shape index (κ1) is 8.82. The Hall–Kier alpha value is -0.505. The largest absolute Gasteiger partial charge is 0.490 e. The lowest BCUT2D eigenvalue weighted by molar-refractivity contribution is 0.220. The van der Waals surface area contributed by atoms with Gasteiger partial charge in [-0.25, -0.2) is 0 Å². The molecule has 3 nitrogen and oxygen atoms in total. The van der Waals surface area contributed by atoms with Crippen molar-refractivity contribution in [3.8, 4) is 0 Å². The highest BCUT2D eigenvalue weighted by molar-refractivity contribution is 6.54. The van der Waals surface area contributed by atoms with Crippen LogP contribution in [0.4, 0.5) is 4.79 Å². The number of rotatable bonds is 0. The minimum absolute atomic E-state index is 0. The molecule has 0 bridgehead atoms. The molecule has 0 saturated carbocycles. The highest BCUT2D eigenvalue weighted by Crippen LogP contribution is 1.41. The van der Waals surface area contributed by atoms with Crippen LogP contribution >= 0.6 is 0 Å². The Morgan fingerprint density at radius 2 is 1.80 bits per heavy atom. The van der Waals surface area contributed by atoms with Crippen molar-refractivity contribution in [3.63, 3.8) is 0 Å². The monoisotopic (exact) mass is 75.0 g/mol. The summed E-state index contributed by atoms with van der Waals surface area (Å²) in [7, 11) is 1.08. The molecule has 0 aromatic heterocycles. The first-order valence-electron chi connectivity index (χ1n) is 0.928. The van der Waals surface area contributed by atoms with Crippen LogP contribution in [0.2, 0.25) is 0 Å². The number of carboxylic acid groups (broad SMARTS) is 1. The Bertz CT molecular complexity index is 32.6. The molecule has 4 N–H and O–H groups in total. The maximum atomic E-state index is 9.00.